The molecule has 32 heavy (non-hydrogen) atoms. The number of thiocarbonyl (C=S) groups is 1. The van der Waals surface area contributed by atoms with E-state index in [0.29, 0.717) is 17.5 Å². The monoisotopic (exact) mass is 467 g/mol. The third-order valence-corrected chi connectivity index (χ3v) is 6.44. The number of amides is 2. The van der Waals surface area contributed by atoms with Gasteiger partial charge in [0.25, 0.3) is 11.8 Å². The molecule has 0 saturated carbocycles. The first-order chi connectivity index (χ1) is 15.4. The Morgan fingerprint density at radius 3 is 2.59 bits per heavy atom. The molecule has 0 aliphatic carbocycles. The summed E-state index contributed by atoms with van der Waals surface area (Å²) in [5.41, 5.74) is 5.12. The van der Waals surface area contributed by atoms with Crippen molar-refractivity contribution < 1.29 is 9.59 Å². The average Bonchev–Trinajstić information content (AvgIpc) is 3.17. The van der Waals surface area contributed by atoms with E-state index in [1.165, 1.54) is 21.7 Å². The quantitative estimate of drug-likeness (QED) is 0.291. The summed E-state index contributed by atoms with van der Waals surface area (Å²) in [6.07, 6.45) is 3.53. The van der Waals surface area contributed by atoms with Crippen molar-refractivity contribution in [3.8, 4) is 0 Å². The summed E-state index contributed by atoms with van der Waals surface area (Å²) in [6, 6.07) is 13.7. The topological polar surface area (TPSA) is 52.7 Å². The summed E-state index contributed by atoms with van der Waals surface area (Å²) in [6.45, 7) is 6.11. The van der Waals surface area contributed by atoms with Crippen LogP contribution < -0.4 is 15.1 Å². The number of halogens is 1. The number of nitrogens with one attached hydrogen (secondary N) is 1. The van der Waals surface area contributed by atoms with Gasteiger partial charge in [0.2, 0.25) is 0 Å². The molecule has 4 rings (SSSR count). The zero-order chi connectivity index (χ0) is 22.8. The lowest BCUT2D eigenvalue weighted by Crippen LogP contribution is -2.54. The molecule has 7 heteroatoms. The van der Waals surface area contributed by atoms with E-state index in [2.05, 4.69) is 36.2 Å². The highest BCUT2D eigenvalue weighted by Crippen LogP contribution is 2.30. The van der Waals surface area contributed by atoms with Gasteiger partial charge in [-0.1, -0.05) is 32.0 Å². The van der Waals surface area contributed by atoms with Gasteiger partial charge in [-0.15, -0.1) is 11.6 Å². The van der Waals surface area contributed by atoms with Crippen LogP contribution in [0.2, 0.25) is 0 Å². The fourth-order valence-electron chi connectivity index (χ4n) is 4.13. The maximum absolute atomic E-state index is 13.3. The van der Waals surface area contributed by atoms with Crippen molar-refractivity contribution in [2.24, 2.45) is 0 Å². The minimum Gasteiger partial charge on any atom is -0.371 e. The number of anilines is 2. The van der Waals surface area contributed by atoms with Gasteiger partial charge in [-0.3, -0.25) is 19.8 Å². The molecule has 0 bridgehead atoms. The number of carbonyl (C=O) groups excluding carboxylic acids is 2. The molecule has 1 saturated heterocycles. The molecular weight excluding hydrogens is 442 g/mol. The number of hydrogen-bond acceptors (Lipinski definition) is 4. The van der Waals surface area contributed by atoms with Crippen molar-refractivity contribution in [1.82, 2.24) is 5.32 Å². The number of nitrogens with zero attached hydrogens (tertiary/aromatic N) is 2. The normalized spacial score (nSPS) is 17.4. The molecule has 5 nitrogen and oxygen atoms in total. The Morgan fingerprint density at radius 2 is 1.91 bits per heavy atom. The predicted molar refractivity (Wildman–Crippen MR) is 134 cm³/mol. The second-order valence-corrected chi connectivity index (χ2v) is 9.14. The molecule has 2 aromatic rings. The smallest absolute Gasteiger partial charge is 0.270 e. The SMILES string of the molecule is CC(C)c1ccc(N2C(=O)C(=Cc3ccc4c(c3)CCN4CCCCl)C(=O)NC2=S)cc1. The maximum atomic E-state index is 13.3. The number of alkyl halides is 1. The third kappa shape index (κ3) is 4.43. The molecule has 0 unspecified atom stereocenters. The maximum Gasteiger partial charge on any atom is 0.270 e. The average molecular weight is 468 g/mol. The van der Waals surface area contributed by atoms with Crippen molar-refractivity contribution in [3.05, 3.63) is 64.7 Å². The highest BCUT2D eigenvalue weighted by Gasteiger charge is 2.34. The van der Waals surface area contributed by atoms with E-state index in [1.807, 2.05) is 30.3 Å². The Kier molecular flexibility index (Phi) is 6.63. The molecule has 0 spiro atoms. The highest BCUT2D eigenvalue weighted by molar-refractivity contribution is 7.80. The van der Waals surface area contributed by atoms with Crippen LogP contribution in [0.5, 0.6) is 0 Å². The van der Waals surface area contributed by atoms with Crippen LogP contribution in [0.3, 0.4) is 0 Å². The van der Waals surface area contributed by atoms with E-state index in [-0.39, 0.29) is 10.7 Å². The van der Waals surface area contributed by atoms with Gasteiger partial charge in [-0.25, -0.2) is 0 Å². The fourth-order valence-corrected chi connectivity index (χ4v) is 4.53. The van der Waals surface area contributed by atoms with Crippen LogP contribution in [0.1, 0.15) is 42.9 Å². The molecule has 1 N–H and O–H groups in total. The third-order valence-electron chi connectivity index (χ3n) is 5.89. The Bertz CT molecular complexity index is 1090. The van der Waals surface area contributed by atoms with Gasteiger partial charge in [0.1, 0.15) is 5.57 Å². The second kappa shape index (κ2) is 9.43. The summed E-state index contributed by atoms with van der Waals surface area (Å²) in [7, 11) is 0. The second-order valence-electron chi connectivity index (χ2n) is 8.37. The minimum atomic E-state index is -0.473. The molecule has 1 fully saturated rings. The summed E-state index contributed by atoms with van der Waals surface area (Å²) < 4.78 is 0. The highest BCUT2D eigenvalue weighted by atomic mass is 35.5. The number of hydrogen-bond donors (Lipinski definition) is 1. The molecule has 0 radical (unpaired) electrons. The van der Waals surface area contributed by atoms with Gasteiger partial charge in [0.05, 0.1) is 5.69 Å². The van der Waals surface area contributed by atoms with Crippen LogP contribution in [0, 0.1) is 0 Å². The molecule has 166 valence electrons. The van der Waals surface area contributed by atoms with Gasteiger partial charge >= 0.3 is 0 Å². The molecule has 2 heterocycles. The number of fused-ring (bicyclic) bond motifs is 1. The molecule has 0 aromatic heterocycles. The Balaban J connectivity index is 1.61. The predicted octanol–water partition coefficient (Wildman–Crippen LogP) is 4.63. The van der Waals surface area contributed by atoms with E-state index in [1.54, 1.807) is 6.08 Å². The minimum absolute atomic E-state index is 0.0727. The lowest BCUT2D eigenvalue weighted by molar-refractivity contribution is -0.122. The summed E-state index contributed by atoms with van der Waals surface area (Å²) >= 11 is 11.1. The van der Waals surface area contributed by atoms with Gasteiger partial charge < -0.3 is 4.90 Å². The molecule has 2 aliphatic heterocycles. The van der Waals surface area contributed by atoms with Crippen LogP contribution in [0.4, 0.5) is 11.4 Å². The molecular formula is C25H26ClN3O2S. The molecule has 2 aliphatic rings. The van der Waals surface area contributed by atoms with E-state index in [4.69, 9.17) is 23.8 Å². The van der Waals surface area contributed by atoms with Crippen molar-refractivity contribution in [3.63, 3.8) is 0 Å². The largest absolute Gasteiger partial charge is 0.371 e. The Morgan fingerprint density at radius 1 is 1.16 bits per heavy atom. The van der Waals surface area contributed by atoms with Crippen molar-refractivity contribution in [2.75, 3.05) is 28.8 Å². The van der Waals surface area contributed by atoms with Gasteiger partial charge in [0.15, 0.2) is 5.11 Å². The number of rotatable bonds is 6. The van der Waals surface area contributed by atoms with Crippen LogP contribution in [0.25, 0.3) is 6.08 Å². The lowest BCUT2D eigenvalue weighted by atomic mass is 10.0. The number of carbonyl (C=O) groups is 2. The molecule has 2 amide bonds. The first kappa shape index (κ1) is 22.5. The van der Waals surface area contributed by atoms with Crippen LogP contribution in [-0.4, -0.2) is 35.9 Å². The van der Waals surface area contributed by atoms with E-state index >= 15 is 0 Å². The number of benzene rings is 2. The molecule has 2 aromatic carbocycles. The summed E-state index contributed by atoms with van der Waals surface area (Å²) in [5, 5.41) is 2.75. The van der Waals surface area contributed by atoms with Crippen LogP contribution in [0.15, 0.2) is 48.0 Å². The molecule has 0 atom stereocenters. The van der Waals surface area contributed by atoms with Crippen molar-refractivity contribution in [1.29, 1.82) is 0 Å². The first-order valence-electron chi connectivity index (χ1n) is 10.8. The Labute approximate surface area is 199 Å². The van der Waals surface area contributed by atoms with E-state index < -0.39 is 11.8 Å². The van der Waals surface area contributed by atoms with Gasteiger partial charge in [-0.2, -0.15) is 0 Å². The summed E-state index contributed by atoms with van der Waals surface area (Å²) in [4.78, 5) is 29.6. The summed E-state index contributed by atoms with van der Waals surface area (Å²) in [5.74, 6) is 0.139. The zero-order valence-electron chi connectivity index (χ0n) is 18.2. The van der Waals surface area contributed by atoms with Crippen LogP contribution in [-0.2, 0) is 16.0 Å². The van der Waals surface area contributed by atoms with E-state index in [9.17, 15) is 9.59 Å². The van der Waals surface area contributed by atoms with Gasteiger partial charge in [-0.05, 0) is 78.0 Å². The first-order valence-corrected chi connectivity index (χ1v) is 11.8. The lowest BCUT2D eigenvalue weighted by Gasteiger charge is -2.29. The standard InChI is InChI=1S/C25H26ClN3O2S/c1-16(2)18-5-7-20(8-6-18)29-24(31)21(23(30)27-25(29)32)15-17-4-9-22-19(14-17)10-13-28(22)12-3-11-26/h4-9,14-16H,3,10-13H2,1-2H3,(H,27,30,32). The van der Waals surface area contributed by atoms with Crippen molar-refractivity contribution >= 4 is 58.2 Å². The van der Waals surface area contributed by atoms with Crippen LogP contribution >= 0.6 is 23.8 Å². The Hall–Kier alpha value is -2.70. The fraction of sp³-hybridized carbons (Fsp3) is 0.320. The zero-order valence-corrected chi connectivity index (χ0v) is 19.8. The van der Waals surface area contributed by atoms with Gasteiger partial charge in [0, 0.05) is 24.7 Å². The van der Waals surface area contributed by atoms with Crippen molar-refractivity contribution in [2.45, 2.75) is 32.6 Å². The van der Waals surface area contributed by atoms with E-state index in [0.717, 1.165) is 31.5 Å².